The summed E-state index contributed by atoms with van der Waals surface area (Å²) in [6.45, 7) is 4.07. The lowest BCUT2D eigenvalue weighted by Gasteiger charge is -2.29. The molecule has 0 aromatic heterocycles. The summed E-state index contributed by atoms with van der Waals surface area (Å²) in [7, 11) is 0. The Balaban J connectivity index is 2.77. The van der Waals surface area contributed by atoms with Gasteiger partial charge in [0.1, 0.15) is 0 Å². The number of nitrogens with one attached hydrogen (secondary N) is 1. The smallest absolute Gasteiger partial charge is 0.251 e. The van der Waals surface area contributed by atoms with E-state index in [-0.39, 0.29) is 11.4 Å². The average Bonchev–Trinajstić information content (AvgIpc) is 2.29. The molecule has 1 unspecified atom stereocenters. The molecule has 1 aromatic carbocycles. The molecule has 1 amide bonds. The molecule has 0 fully saturated rings. The molecule has 0 saturated carbocycles. The molecular formula is C13H17BrClNO. The Kier molecular flexibility index (Phi) is 5.47. The third-order valence-electron chi connectivity index (χ3n) is 2.93. The molecule has 1 atom stereocenters. The number of carbonyl (C=O) groups excluding carboxylic acids is 1. The maximum Gasteiger partial charge on any atom is 0.251 e. The molecular weight excluding hydrogens is 302 g/mol. The minimum atomic E-state index is -0.235. The lowest BCUT2D eigenvalue weighted by molar-refractivity contribution is 0.0901. The van der Waals surface area contributed by atoms with E-state index in [1.165, 1.54) is 0 Å². The Labute approximate surface area is 116 Å². The van der Waals surface area contributed by atoms with Gasteiger partial charge in [-0.05, 0) is 38.0 Å². The van der Waals surface area contributed by atoms with Crippen LogP contribution in [0.2, 0.25) is 0 Å². The second-order valence-corrected chi connectivity index (χ2v) is 5.61. The van der Waals surface area contributed by atoms with Gasteiger partial charge in [-0.15, -0.1) is 11.6 Å². The fraction of sp³-hybridized carbons (Fsp3) is 0.462. The fourth-order valence-electron chi connectivity index (χ4n) is 1.51. The molecule has 4 heteroatoms. The van der Waals surface area contributed by atoms with Crippen LogP contribution in [-0.4, -0.2) is 17.3 Å². The summed E-state index contributed by atoms with van der Waals surface area (Å²) >= 11 is 9.12. The number of amides is 1. The highest BCUT2D eigenvalue weighted by atomic mass is 79.9. The van der Waals surface area contributed by atoms with Crippen molar-refractivity contribution in [1.29, 1.82) is 0 Å². The second kappa shape index (κ2) is 6.41. The fourth-order valence-corrected chi connectivity index (χ4v) is 2.33. The summed E-state index contributed by atoms with van der Waals surface area (Å²) in [5.74, 6) is 0.490. The second-order valence-electron chi connectivity index (χ2n) is 4.32. The molecule has 1 aromatic rings. The lowest BCUT2D eigenvalue weighted by Crippen LogP contribution is -2.45. The Hall–Kier alpha value is -0.540. The van der Waals surface area contributed by atoms with Crippen molar-refractivity contribution in [2.45, 2.75) is 32.2 Å². The minimum absolute atomic E-state index is 0.0548. The van der Waals surface area contributed by atoms with E-state index in [0.29, 0.717) is 11.4 Å². The number of halogens is 2. The maximum absolute atomic E-state index is 12.1. The number of alkyl halides is 1. The molecule has 0 heterocycles. The van der Waals surface area contributed by atoms with E-state index < -0.39 is 0 Å². The van der Waals surface area contributed by atoms with E-state index in [9.17, 15) is 4.79 Å². The van der Waals surface area contributed by atoms with Gasteiger partial charge in [0, 0.05) is 21.5 Å². The third-order valence-corrected chi connectivity index (χ3v) is 3.61. The first-order valence-electron chi connectivity index (χ1n) is 5.65. The van der Waals surface area contributed by atoms with Crippen molar-refractivity contribution in [2.24, 2.45) is 0 Å². The zero-order chi connectivity index (χ0) is 12.9. The van der Waals surface area contributed by atoms with Crippen LogP contribution in [-0.2, 0) is 0 Å². The highest BCUT2D eigenvalue weighted by Crippen LogP contribution is 2.17. The SMILES string of the molecule is CCC(C)(CCCl)NC(=O)c1cccc(Br)c1. The first-order valence-corrected chi connectivity index (χ1v) is 6.97. The van der Waals surface area contributed by atoms with Crippen molar-refractivity contribution in [3.63, 3.8) is 0 Å². The zero-order valence-corrected chi connectivity index (χ0v) is 12.4. The quantitative estimate of drug-likeness (QED) is 0.818. The lowest BCUT2D eigenvalue weighted by atomic mass is 9.95. The standard InChI is InChI=1S/C13H17BrClNO/c1-3-13(2,7-8-15)16-12(17)10-5-4-6-11(14)9-10/h4-6,9H,3,7-8H2,1-2H3,(H,16,17). The highest BCUT2D eigenvalue weighted by molar-refractivity contribution is 9.10. The van der Waals surface area contributed by atoms with Gasteiger partial charge in [-0.1, -0.05) is 28.9 Å². The third kappa shape index (κ3) is 4.32. The zero-order valence-electron chi connectivity index (χ0n) is 10.1. The summed E-state index contributed by atoms with van der Waals surface area (Å²) in [5.41, 5.74) is 0.426. The average molecular weight is 319 g/mol. The molecule has 1 N–H and O–H groups in total. The van der Waals surface area contributed by atoms with E-state index >= 15 is 0 Å². The van der Waals surface area contributed by atoms with Gasteiger partial charge in [0.05, 0.1) is 0 Å². The molecule has 0 saturated heterocycles. The van der Waals surface area contributed by atoms with Crippen LogP contribution in [0.3, 0.4) is 0 Å². The maximum atomic E-state index is 12.1. The van der Waals surface area contributed by atoms with Crippen LogP contribution >= 0.6 is 27.5 Å². The van der Waals surface area contributed by atoms with Gasteiger partial charge in [0.2, 0.25) is 0 Å². The van der Waals surface area contributed by atoms with Gasteiger partial charge in [0.25, 0.3) is 5.91 Å². The largest absolute Gasteiger partial charge is 0.347 e. The van der Waals surface area contributed by atoms with Gasteiger partial charge in [-0.3, -0.25) is 4.79 Å². The minimum Gasteiger partial charge on any atom is -0.347 e. The van der Waals surface area contributed by atoms with Crippen LogP contribution in [0, 0.1) is 0 Å². The predicted molar refractivity (Wildman–Crippen MR) is 75.6 cm³/mol. The molecule has 0 aliphatic heterocycles. The Morgan fingerprint density at radius 3 is 2.76 bits per heavy atom. The van der Waals surface area contributed by atoms with Crippen LogP contribution in [0.4, 0.5) is 0 Å². The van der Waals surface area contributed by atoms with E-state index in [4.69, 9.17) is 11.6 Å². The van der Waals surface area contributed by atoms with Crippen LogP contribution in [0.1, 0.15) is 37.0 Å². The van der Waals surface area contributed by atoms with Crippen molar-refractivity contribution in [3.05, 3.63) is 34.3 Å². The Bertz CT molecular complexity index is 397. The van der Waals surface area contributed by atoms with Crippen LogP contribution in [0.15, 0.2) is 28.7 Å². The molecule has 0 radical (unpaired) electrons. The van der Waals surface area contributed by atoms with Crippen molar-refractivity contribution >= 4 is 33.4 Å². The molecule has 1 rings (SSSR count). The summed E-state index contributed by atoms with van der Waals surface area (Å²) in [6.07, 6.45) is 1.63. The molecule has 0 spiro atoms. The predicted octanol–water partition coefficient (Wildman–Crippen LogP) is 3.98. The summed E-state index contributed by atoms with van der Waals surface area (Å²) < 4.78 is 0.903. The molecule has 17 heavy (non-hydrogen) atoms. The van der Waals surface area contributed by atoms with E-state index in [2.05, 4.69) is 21.2 Å². The molecule has 0 aliphatic carbocycles. The van der Waals surface area contributed by atoms with Gasteiger partial charge in [-0.25, -0.2) is 0 Å². The van der Waals surface area contributed by atoms with Gasteiger partial charge >= 0.3 is 0 Å². The number of hydrogen-bond acceptors (Lipinski definition) is 1. The van der Waals surface area contributed by atoms with Crippen molar-refractivity contribution < 1.29 is 4.79 Å². The first-order chi connectivity index (χ1) is 8.00. The summed E-state index contributed by atoms with van der Waals surface area (Å²) in [5, 5.41) is 3.04. The molecule has 2 nitrogen and oxygen atoms in total. The number of hydrogen-bond donors (Lipinski definition) is 1. The first kappa shape index (κ1) is 14.5. The van der Waals surface area contributed by atoms with E-state index in [0.717, 1.165) is 17.3 Å². The van der Waals surface area contributed by atoms with Crippen LogP contribution in [0.25, 0.3) is 0 Å². The molecule has 0 bridgehead atoms. The van der Waals surface area contributed by atoms with Crippen LogP contribution in [0.5, 0.6) is 0 Å². The number of carbonyl (C=O) groups is 1. The van der Waals surface area contributed by atoms with E-state index in [1.54, 1.807) is 6.07 Å². The van der Waals surface area contributed by atoms with Crippen molar-refractivity contribution in [1.82, 2.24) is 5.32 Å². The number of benzene rings is 1. The van der Waals surface area contributed by atoms with Crippen molar-refractivity contribution in [2.75, 3.05) is 5.88 Å². The topological polar surface area (TPSA) is 29.1 Å². The van der Waals surface area contributed by atoms with Gasteiger partial charge in [-0.2, -0.15) is 0 Å². The van der Waals surface area contributed by atoms with Crippen molar-refractivity contribution in [3.8, 4) is 0 Å². The van der Waals surface area contributed by atoms with E-state index in [1.807, 2.05) is 32.0 Å². The van der Waals surface area contributed by atoms with Crippen LogP contribution < -0.4 is 5.32 Å². The number of rotatable bonds is 5. The van der Waals surface area contributed by atoms with Gasteiger partial charge in [0.15, 0.2) is 0 Å². The van der Waals surface area contributed by atoms with Gasteiger partial charge < -0.3 is 5.32 Å². The normalized spacial score (nSPS) is 14.1. The Morgan fingerprint density at radius 1 is 1.53 bits per heavy atom. The Morgan fingerprint density at radius 2 is 2.24 bits per heavy atom. The highest BCUT2D eigenvalue weighted by Gasteiger charge is 2.24. The monoisotopic (exact) mass is 317 g/mol. The summed E-state index contributed by atoms with van der Waals surface area (Å²) in [4.78, 5) is 12.1. The summed E-state index contributed by atoms with van der Waals surface area (Å²) in [6, 6.07) is 7.36. The molecule has 94 valence electrons. The molecule has 0 aliphatic rings.